The van der Waals surface area contributed by atoms with Crippen LogP contribution in [0.15, 0.2) is 30.3 Å². The summed E-state index contributed by atoms with van der Waals surface area (Å²) in [4.78, 5) is 28.8. The molecule has 22 heavy (non-hydrogen) atoms. The Morgan fingerprint density at radius 2 is 1.91 bits per heavy atom. The van der Waals surface area contributed by atoms with Crippen LogP contribution in [0.2, 0.25) is 0 Å². The molecule has 0 atom stereocenters. The lowest BCUT2D eigenvalue weighted by Gasteiger charge is -2.06. The Kier molecular flexibility index (Phi) is 5.66. The van der Waals surface area contributed by atoms with Gasteiger partial charge in [0.15, 0.2) is 0 Å². The summed E-state index contributed by atoms with van der Waals surface area (Å²) < 4.78 is 0. The SMILES string of the molecule is CCCNC(=O)CNC(=O)c1sc(C)nc1-c1ccccc1. The third-order valence-corrected chi connectivity index (χ3v) is 3.94. The van der Waals surface area contributed by atoms with Gasteiger partial charge in [0, 0.05) is 12.1 Å². The molecule has 0 unspecified atom stereocenters. The average molecular weight is 317 g/mol. The number of hydrogen-bond donors (Lipinski definition) is 2. The number of nitrogens with one attached hydrogen (secondary N) is 2. The summed E-state index contributed by atoms with van der Waals surface area (Å²) >= 11 is 1.33. The van der Waals surface area contributed by atoms with E-state index in [-0.39, 0.29) is 18.4 Å². The fourth-order valence-electron chi connectivity index (χ4n) is 1.94. The van der Waals surface area contributed by atoms with E-state index in [0.717, 1.165) is 17.0 Å². The Bertz CT molecular complexity index is 653. The van der Waals surface area contributed by atoms with E-state index < -0.39 is 0 Å². The summed E-state index contributed by atoms with van der Waals surface area (Å²) in [6.45, 7) is 4.43. The molecular formula is C16H19N3O2S. The first-order valence-electron chi connectivity index (χ1n) is 7.19. The molecule has 2 aromatic rings. The second-order valence-corrected chi connectivity index (χ2v) is 6.01. The molecule has 0 fully saturated rings. The molecule has 0 aliphatic carbocycles. The molecule has 1 heterocycles. The lowest BCUT2D eigenvalue weighted by molar-refractivity contribution is -0.120. The smallest absolute Gasteiger partial charge is 0.264 e. The maximum absolute atomic E-state index is 12.3. The van der Waals surface area contributed by atoms with Crippen LogP contribution >= 0.6 is 11.3 Å². The maximum Gasteiger partial charge on any atom is 0.264 e. The number of rotatable bonds is 6. The first-order chi connectivity index (χ1) is 10.6. The highest BCUT2D eigenvalue weighted by molar-refractivity contribution is 7.14. The molecule has 0 bridgehead atoms. The second kappa shape index (κ2) is 7.70. The highest BCUT2D eigenvalue weighted by Gasteiger charge is 2.18. The number of thiazole rings is 1. The van der Waals surface area contributed by atoms with Crippen LogP contribution in [-0.2, 0) is 4.79 Å². The van der Waals surface area contributed by atoms with E-state index in [4.69, 9.17) is 0 Å². The number of nitrogens with zero attached hydrogens (tertiary/aromatic N) is 1. The van der Waals surface area contributed by atoms with E-state index in [9.17, 15) is 9.59 Å². The van der Waals surface area contributed by atoms with Crippen LogP contribution in [0.1, 0.15) is 28.0 Å². The minimum Gasteiger partial charge on any atom is -0.355 e. The number of aryl methyl sites for hydroxylation is 1. The Hall–Kier alpha value is -2.21. The Labute approximate surface area is 133 Å². The minimum atomic E-state index is -0.267. The summed E-state index contributed by atoms with van der Waals surface area (Å²) in [7, 11) is 0. The highest BCUT2D eigenvalue weighted by Crippen LogP contribution is 2.27. The molecule has 0 spiro atoms. The van der Waals surface area contributed by atoms with Crippen molar-refractivity contribution < 1.29 is 9.59 Å². The summed E-state index contributed by atoms with van der Waals surface area (Å²) in [5, 5.41) is 6.19. The van der Waals surface area contributed by atoms with Gasteiger partial charge in [0.25, 0.3) is 5.91 Å². The zero-order valence-corrected chi connectivity index (χ0v) is 13.5. The number of aromatic nitrogens is 1. The normalized spacial score (nSPS) is 10.3. The van der Waals surface area contributed by atoms with Gasteiger partial charge in [0.05, 0.1) is 17.2 Å². The molecule has 0 radical (unpaired) electrons. The van der Waals surface area contributed by atoms with Crippen molar-refractivity contribution in [3.63, 3.8) is 0 Å². The molecule has 1 aromatic heterocycles. The average Bonchev–Trinajstić information content (AvgIpc) is 2.93. The number of benzene rings is 1. The first kappa shape index (κ1) is 16.2. The molecule has 0 aliphatic heterocycles. The van der Waals surface area contributed by atoms with E-state index in [1.165, 1.54) is 11.3 Å². The zero-order chi connectivity index (χ0) is 15.9. The lowest BCUT2D eigenvalue weighted by Crippen LogP contribution is -2.37. The van der Waals surface area contributed by atoms with Crippen LogP contribution in [-0.4, -0.2) is 29.9 Å². The van der Waals surface area contributed by atoms with Crippen molar-refractivity contribution in [1.29, 1.82) is 0 Å². The van der Waals surface area contributed by atoms with Crippen molar-refractivity contribution in [2.75, 3.05) is 13.1 Å². The van der Waals surface area contributed by atoms with Crippen molar-refractivity contribution in [2.45, 2.75) is 20.3 Å². The van der Waals surface area contributed by atoms with Crippen LogP contribution < -0.4 is 10.6 Å². The van der Waals surface area contributed by atoms with E-state index in [1.54, 1.807) is 0 Å². The molecular weight excluding hydrogens is 298 g/mol. The molecule has 0 saturated carbocycles. The first-order valence-corrected chi connectivity index (χ1v) is 8.01. The van der Waals surface area contributed by atoms with Crippen LogP contribution in [0.5, 0.6) is 0 Å². The molecule has 0 saturated heterocycles. The molecule has 2 rings (SSSR count). The minimum absolute atomic E-state index is 0.0238. The third kappa shape index (κ3) is 4.14. The Morgan fingerprint density at radius 1 is 1.18 bits per heavy atom. The van der Waals surface area contributed by atoms with Gasteiger partial charge >= 0.3 is 0 Å². The van der Waals surface area contributed by atoms with Crippen LogP contribution in [0, 0.1) is 6.92 Å². The van der Waals surface area contributed by atoms with E-state index in [1.807, 2.05) is 44.2 Å². The molecule has 0 aliphatic rings. The lowest BCUT2D eigenvalue weighted by atomic mass is 10.1. The predicted octanol–water partition coefficient (Wildman–Crippen LogP) is 2.37. The molecule has 2 N–H and O–H groups in total. The zero-order valence-electron chi connectivity index (χ0n) is 12.7. The molecule has 2 amide bonds. The van der Waals surface area contributed by atoms with Crippen LogP contribution in [0.3, 0.4) is 0 Å². The molecule has 6 heteroatoms. The summed E-state index contributed by atoms with van der Waals surface area (Å²) in [5.41, 5.74) is 1.56. The van der Waals surface area contributed by atoms with Crippen molar-refractivity contribution in [1.82, 2.24) is 15.6 Å². The van der Waals surface area contributed by atoms with Crippen molar-refractivity contribution in [3.8, 4) is 11.3 Å². The van der Waals surface area contributed by atoms with Gasteiger partial charge in [-0.1, -0.05) is 37.3 Å². The molecule has 116 valence electrons. The number of carbonyl (C=O) groups excluding carboxylic acids is 2. The highest BCUT2D eigenvalue weighted by atomic mass is 32.1. The van der Waals surface area contributed by atoms with Crippen LogP contribution in [0.4, 0.5) is 0 Å². The quantitative estimate of drug-likeness (QED) is 0.859. The van der Waals surface area contributed by atoms with Crippen molar-refractivity contribution in [3.05, 3.63) is 40.2 Å². The van der Waals surface area contributed by atoms with Crippen molar-refractivity contribution in [2.24, 2.45) is 0 Å². The van der Waals surface area contributed by atoms with Crippen molar-refractivity contribution >= 4 is 23.2 Å². The topological polar surface area (TPSA) is 71.1 Å². The van der Waals surface area contributed by atoms with Gasteiger partial charge in [0.1, 0.15) is 4.88 Å². The second-order valence-electron chi connectivity index (χ2n) is 4.81. The third-order valence-electron chi connectivity index (χ3n) is 2.97. The fourth-order valence-corrected chi connectivity index (χ4v) is 2.80. The van der Waals surface area contributed by atoms with Gasteiger partial charge < -0.3 is 10.6 Å². The van der Waals surface area contributed by atoms with E-state index in [2.05, 4.69) is 15.6 Å². The monoisotopic (exact) mass is 317 g/mol. The van der Waals surface area contributed by atoms with Gasteiger partial charge in [0.2, 0.25) is 5.91 Å². The summed E-state index contributed by atoms with van der Waals surface area (Å²) in [6.07, 6.45) is 0.867. The van der Waals surface area contributed by atoms with Gasteiger partial charge in [-0.05, 0) is 13.3 Å². The van der Waals surface area contributed by atoms with Gasteiger partial charge in [-0.25, -0.2) is 4.98 Å². The summed E-state index contributed by atoms with van der Waals surface area (Å²) in [6, 6.07) is 9.56. The van der Waals surface area contributed by atoms with Crippen LogP contribution in [0.25, 0.3) is 11.3 Å². The number of amides is 2. The largest absolute Gasteiger partial charge is 0.355 e. The number of hydrogen-bond acceptors (Lipinski definition) is 4. The fraction of sp³-hybridized carbons (Fsp3) is 0.312. The Balaban J connectivity index is 2.09. The van der Waals surface area contributed by atoms with E-state index in [0.29, 0.717) is 17.1 Å². The maximum atomic E-state index is 12.3. The van der Waals surface area contributed by atoms with Gasteiger partial charge in [-0.3, -0.25) is 9.59 Å². The van der Waals surface area contributed by atoms with Gasteiger partial charge in [-0.15, -0.1) is 11.3 Å². The van der Waals surface area contributed by atoms with E-state index >= 15 is 0 Å². The molecule has 5 nitrogen and oxygen atoms in total. The molecule has 1 aromatic carbocycles. The standard InChI is InChI=1S/C16H19N3O2S/c1-3-9-17-13(20)10-18-16(21)15-14(19-11(2)22-15)12-7-5-4-6-8-12/h4-8H,3,9-10H2,1-2H3,(H,17,20)(H,18,21). The summed E-state index contributed by atoms with van der Waals surface area (Å²) in [5.74, 6) is -0.450. The van der Waals surface area contributed by atoms with Gasteiger partial charge in [-0.2, -0.15) is 0 Å². The number of carbonyl (C=O) groups is 2. The Morgan fingerprint density at radius 3 is 2.59 bits per heavy atom. The predicted molar refractivity (Wildman–Crippen MR) is 87.9 cm³/mol.